The number of pyridine rings is 1. The Labute approximate surface area is 92.9 Å². The van der Waals surface area contributed by atoms with Gasteiger partial charge in [0.1, 0.15) is 0 Å². The minimum absolute atomic E-state index is 0.132. The summed E-state index contributed by atoms with van der Waals surface area (Å²) in [6.07, 6.45) is 2.23. The van der Waals surface area contributed by atoms with Crippen LogP contribution in [-0.4, -0.2) is 4.98 Å². The molecule has 0 spiro atoms. The van der Waals surface area contributed by atoms with Crippen molar-refractivity contribution in [3.8, 4) is 0 Å². The van der Waals surface area contributed by atoms with Gasteiger partial charge in [-0.15, -0.1) is 0 Å². The van der Waals surface area contributed by atoms with E-state index >= 15 is 0 Å². The molecule has 0 saturated carbocycles. The maximum absolute atomic E-state index is 6.18. The number of aromatic nitrogens is 1. The van der Waals surface area contributed by atoms with Gasteiger partial charge in [-0.3, -0.25) is 4.98 Å². The molecule has 1 aromatic heterocycles. The highest BCUT2D eigenvalue weighted by Crippen LogP contribution is 2.22. The smallest absolute Gasteiger partial charge is 0.0423 e. The lowest BCUT2D eigenvalue weighted by atomic mass is 9.94. The maximum atomic E-state index is 6.18. The van der Waals surface area contributed by atoms with Crippen molar-refractivity contribution in [1.82, 2.24) is 4.98 Å². The number of hydrogen-bond donors (Lipinski definition) is 1. The van der Waals surface area contributed by atoms with Crippen LogP contribution in [0.15, 0.2) is 12.1 Å². The van der Waals surface area contributed by atoms with Crippen molar-refractivity contribution >= 4 is 0 Å². The van der Waals surface area contributed by atoms with Crippen LogP contribution < -0.4 is 5.73 Å². The summed E-state index contributed by atoms with van der Waals surface area (Å²) in [5.41, 5.74) is 9.51. The molecule has 1 aromatic rings. The van der Waals surface area contributed by atoms with Crippen LogP contribution in [0.1, 0.15) is 49.7 Å². The molecule has 0 bridgehead atoms. The molecule has 0 aliphatic heterocycles. The lowest BCUT2D eigenvalue weighted by molar-refractivity contribution is 0.459. The Morgan fingerprint density at radius 1 is 1.33 bits per heavy atom. The zero-order valence-electron chi connectivity index (χ0n) is 10.2. The number of nitrogens with two attached hydrogens (primary N) is 1. The molecule has 1 rings (SSSR count). The summed E-state index contributed by atoms with van der Waals surface area (Å²) >= 11 is 0. The van der Waals surface area contributed by atoms with Crippen molar-refractivity contribution in [2.75, 3.05) is 0 Å². The van der Waals surface area contributed by atoms with Crippen molar-refractivity contribution in [2.45, 2.75) is 46.6 Å². The van der Waals surface area contributed by atoms with Crippen LogP contribution in [0.5, 0.6) is 0 Å². The van der Waals surface area contributed by atoms with E-state index in [1.54, 1.807) is 0 Å². The molecule has 0 saturated heterocycles. The van der Waals surface area contributed by atoms with E-state index in [2.05, 4.69) is 24.9 Å². The van der Waals surface area contributed by atoms with E-state index in [1.807, 2.05) is 19.9 Å². The van der Waals surface area contributed by atoms with Gasteiger partial charge in [-0.05, 0) is 37.8 Å². The van der Waals surface area contributed by atoms with Gasteiger partial charge >= 0.3 is 0 Å². The van der Waals surface area contributed by atoms with Gasteiger partial charge in [-0.25, -0.2) is 0 Å². The first-order chi connectivity index (χ1) is 7.04. The molecule has 0 fully saturated rings. The molecule has 2 N–H and O–H groups in total. The quantitative estimate of drug-likeness (QED) is 0.822. The topological polar surface area (TPSA) is 38.9 Å². The second-order valence-corrected chi connectivity index (χ2v) is 4.48. The molecule has 0 radical (unpaired) electrons. The fourth-order valence-corrected chi connectivity index (χ4v) is 1.82. The van der Waals surface area contributed by atoms with E-state index in [-0.39, 0.29) is 6.04 Å². The second-order valence-electron chi connectivity index (χ2n) is 4.48. The third kappa shape index (κ3) is 3.31. The van der Waals surface area contributed by atoms with Crippen molar-refractivity contribution in [1.29, 1.82) is 0 Å². The van der Waals surface area contributed by atoms with Crippen LogP contribution in [0.4, 0.5) is 0 Å². The van der Waals surface area contributed by atoms with Crippen LogP contribution >= 0.6 is 0 Å². The molecule has 1 heterocycles. The van der Waals surface area contributed by atoms with Gasteiger partial charge in [0.2, 0.25) is 0 Å². The highest BCUT2D eigenvalue weighted by Gasteiger charge is 2.12. The second kappa shape index (κ2) is 5.26. The number of nitrogens with zero attached hydrogens (tertiary/aromatic N) is 1. The predicted molar refractivity (Wildman–Crippen MR) is 64.7 cm³/mol. The monoisotopic (exact) mass is 206 g/mol. The van der Waals surface area contributed by atoms with Gasteiger partial charge in [0.05, 0.1) is 0 Å². The number of aryl methyl sites for hydroxylation is 2. The Kier molecular flexibility index (Phi) is 4.28. The summed E-state index contributed by atoms with van der Waals surface area (Å²) in [5, 5.41) is 0. The zero-order valence-corrected chi connectivity index (χ0v) is 10.2. The average molecular weight is 206 g/mol. The Balaban J connectivity index is 2.77. The Bertz CT molecular complexity index is 320. The summed E-state index contributed by atoms with van der Waals surface area (Å²) in [7, 11) is 0. The molecule has 0 aliphatic carbocycles. The Morgan fingerprint density at radius 2 is 2.00 bits per heavy atom. The summed E-state index contributed by atoms with van der Waals surface area (Å²) in [6.45, 7) is 8.50. The van der Waals surface area contributed by atoms with E-state index in [9.17, 15) is 0 Å². The van der Waals surface area contributed by atoms with Gasteiger partial charge in [-0.2, -0.15) is 0 Å². The van der Waals surface area contributed by atoms with Crippen molar-refractivity contribution in [3.63, 3.8) is 0 Å². The molecule has 2 heteroatoms. The first kappa shape index (κ1) is 12.2. The number of rotatable bonds is 4. The van der Waals surface area contributed by atoms with E-state index in [0.717, 1.165) is 17.8 Å². The van der Waals surface area contributed by atoms with Crippen LogP contribution in [0.2, 0.25) is 0 Å². The molecule has 2 atom stereocenters. The standard InChI is InChI=1S/C13H22N2/c1-5-9(2)8-13(14)12-7-6-10(3)15-11(12)4/h6-7,9,13H,5,8,14H2,1-4H3. The Hall–Kier alpha value is -0.890. The van der Waals surface area contributed by atoms with Crippen molar-refractivity contribution < 1.29 is 0 Å². The minimum atomic E-state index is 0.132. The fourth-order valence-electron chi connectivity index (χ4n) is 1.82. The van der Waals surface area contributed by atoms with E-state index in [1.165, 1.54) is 12.0 Å². The molecule has 0 aromatic carbocycles. The van der Waals surface area contributed by atoms with E-state index in [0.29, 0.717) is 5.92 Å². The molecule has 0 aliphatic rings. The normalized spacial score (nSPS) is 15.0. The van der Waals surface area contributed by atoms with Crippen LogP contribution in [0.25, 0.3) is 0 Å². The van der Waals surface area contributed by atoms with E-state index < -0.39 is 0 Å². The molecule has 2 unspecified atom stereocenters. The first-order valence-electron chi connectivity index (χ1n) is 5.74. The van der Waals surface area contributed by atoms with Gasteiger partial charge in [0, 0.05) is 17.4 Å². The van der Waals surface area contributed by atoms with Crippen molar-refractivity contribution in [3.05, 3.63) is 29.1 Å². The van der Waals surface area contributed by atoms with Crippen LogP contribution in [0, 0.1) is 19.8 Å². The first-order valence-corrected chi connectivity index (χ1v) is 5.74. The van der Waals surface area contributed by atoms with E-state index in [4.69, 9.17) is 5.73 Å². The van der Waals surface area contributed by atoms with Gasteiger partial charge in [0.15, 0.2) is 0 Å². The third-order valence-electron chi connectivity index (χ3n) is 3.02. The molecular formula is C13H22N2. The van der Waals surface area contributed by atoms with Crippen molar-refractivity contribution in [2.24, 2.45) is 11.7 Å². The highest BCUT2D eigenvalue weighted by molar-refractivity contribution is 5.24. The molecule has 2 nitrogen and oxygen atoms in total. The SMILES string of the molecule is CCC(C)CC(N)c1ccc(C)nc1C. The van der Waals surface area contributed by atoms with Gasteiger partial charge in [0.25, 0.3) is 0 Å². The fraction of sp³-hybridized carbons (Fsp3) is 0.615. The van der Waals surface area contributed by atoms with Crippen LogP contribution in [0.3, 0.4) is 0 Å². The van der Waals surface area contributed by atoms with Crippen LogP contribution in [-0.2, 0) is 0 Å². The summed E-state index contributed by atoms with van der Waals surface area (Å²) in [6, 6.07) is 4.29. The zero-order chi connectivity index (χ0) is 11.4. The number of hydrogen-bond acceptors (Lipinski definition) is 2. The largest absolute Gasteiger partial charge is 0.324 e. The molecular weight excluding hydrogens is 184 g/mol. The summed E-state index contributed by atoms with van der Waals surface area (Å²) < 4.78 is 0. The predicted octanol–water partition coefficient (Wildman–Crippen LogP) is 3.13. The molecule has 84 valence electrons. The highest BCUT2D eigenvalue weighted by atomic mass is 14.7. The molecule has 15 heavy (non-hydrogen) atoms. The average Bonchev–Trinajstić information content (AvgIpc) is 2.17. The maximum Gasteiger partial charge on any atom is 0.0423 e. The summed E-state index contributed by atoms with van der Waals surface area (Å²) in [5.74, 6) is 0.681. The Morgan fingerprint density at radius 3 is 2.53 bits per heavy atom. The van der Waals surface area contributed by atoms with Gasteiger partial charge < -0.3 is 5.73 Å². The lowest BCUT2D eigenvalue weighted by Gasteiger charge is -2.18. The summed E-state index contributed by atoms with van der Waals surface area (Å²) in [4.78, 5) is 4.45. The minimum Gasteiger partial charge on any atom is -0.324 e. The lowest BCUT2D eigenvalue weighted by Crippen LogP contribution is -2.15. The van der Waals surface area contributed by atoms with Gasteiger partial charge in [-0.1, -0.05) is 26.3 Å². The third-order valence-corrected chi connectivity index (χ3v) is 3.02. The molecule has 0 amide bonds.